The fourth-order valence-electron chi connectivity index (χ4n) is 2.75. The van der Waals surface area contributed by atoms with E-state index in [0.29, 0.717) is 5.92 Å². The summed E-state index contributed by atoms with van der Waals surface area (Å²) < 4.78 is 2.00. The van der Waals surface area contributed by atoms with Gasteiger partial charge in [-0.3, -0.25) is 4.68 Å². The van der Waals surface area contributed by atoms with Crippen molar-refractivity contribution in [2.24, 2.45) is 0 Å². The molecule has 2 aromatic rings. The Labute approximate surface area is 141 Å². The third-order valence-corrected chi connectivity index (χ3v) is 4.48. The molecule has 1 aromatic heterocycles. The van der Waals surface area contributed by atoms with Gasteiger partial charge in [0.1, 0.15) is 0 Å². The Kier molecular flexibility index (Phi) is 5.64. The van der Waals surface area contributed by atoms with Crippen LogP contribution in [0.15, 0.2) is 30.5 Å². The summed E-state index contributed by atoms with van der Waals surface area (Å²) in [6, 6.07) is 9.07. The number of aryl methyl sites for hydroxylation is 2. The maximum Gasteiger partial charge on any atom is 0.0638 e. The molecule has 0 unspecified atom stereocenters. The molecule has 0 bridgehead atoms. The highest BCUT2D eigenvalue weighted by atomic mass is 15.3. The predicted molar refractivity (Wildman–Crippen MR) is 97.9 cm³/mol. The summed E-state index contributed by atoms with van der Waals surface area (Å²) in [7, 11) is 0. The van der Waals surface area contributed by atoms with Crippen LogP contribution >= 0.6 is 0 Å². The van der Waals surface area contributed by atoms with Crippen molar-refractivity contribution < 1.29 is 0 Å². The fraction of sp³-hybridized carbons (Fsp3) is 0.550. The lowest BCUT2D eigenvalue weighted by atomic mass is 9.86. The van der Waals surface area contributed by atoms with Crippen molar-refractivity contribution in [3.8, 4) is 0 Å². The topological polar surface area (TPSA) is 29.9 Å². The Hall–Kier alpha value is -1.61. The van der Waals surface area contributed by atoms with Crippen LogP contribution in [0.2, 0.25) is 0 Å². The largest absolute Gasteiger partial charge is 0.312 e. The van der Waals surface area contributed by atoms with Crippen LogP contribution < -0.4 is 5.32 Å². The van der Waals surface area contributed by atoms with Gasteiger partial charge in [-0.25, -0.2) is 0 Å². The van der Waals surface area contributed by atoms with Crippen LogP contribution in [0.25, 0.3) is 0 Å². The maximum absolute atomic E-state index is 4.49. The van der Waals surface area contributed by atoms with E-state index >= 15 is 0 Å². The summed E-state index contributed by atoms with van der Waals surface area (Å²) in [4.78, 5) is 0. The second-order valence-corrected chi connectivity index (χ2v) is 7.50. The minimum absolute atomic E-state index is 0.219. The van der Waals surface area contributed by atoms with Gasteiger partial charge in [0.2, 0.25) is 0 Å². The van der Waals surface area contributed by atoms with Gasteiger partial charge >= 0.3 is 0 Å². The number of benzene rings is 1. The monoisotopic (exact) mass is 313 g/mol. The number of hydrogen-bond donors (Lipinski definition) is 1. The molecule has 1 N–H and O–H groups in total. The van der Waals surface area contributed by atoms with Crippen molar-refractivity contribution in [2.45, 2.75) is 66.0 Å². The molecular weight excluding hydrogens is 282 g/mol. The molecule has 0 aliphatic rings. The lowest BCUT2D eigenvalue weighted by Crippen LogP contribution is -2.20. The molecule has 1 atom stereocenters. The first-order chi connectivity index (χ1) is 10.8. The van der Waals surface area contributed by atoms with Crippen LogP contribution in [0.5, 0.6) is 0 Å². The maximum atomic E-state index is 4.49. The van der Waals surface area contributed by atoms with Gasteiger partial charge in [-0.15, -0.1) is 0 Å². The highest BCUT2D eigenvalue weighted by Gasteiger charge is 2.14. The molecule has 0 fully saturated rings. The molecule has 1 heterocycles. The van der Waals surface area contributed by atoms with Gasteiger partial charge in [-0.2, -0.15) is 5.10 Å². The second-order valence-electron chi connectivity index (χ2n) is 7.50. The first-order valence-electron chi connectivity index (χ1n) is 8.65. The lowest BCUT2D eigenvalue weighted by molar-refractivity contribution is 0.587. The van der Waals surface area contributed by atoms with Crippen LogP contribution in [0.4, 0.5) is 0 Å². The smallest absolute Gasteiger partial charge is 0.0638 e. The van der Waals surface area contributed by atoms with E-state index in [-0.39, 0.29) is 5.41 Å². The minimum Gasteiger partial charge on any atom is -0.312 e. The lowest BCUT2D eigenvalue weighted by Gasteiger charge is -2.20. The van der Waals surface area contributed by atoms with Gasteiger partial charge in [0, 0.05) is 31.4 Å². The summed E-state index contributed by atoms with van der Waals surface area (Å²) in [6.45, 7) is 16.0. The Morgan fingerprint density at radius 1 is 1.17 bits per heavy atom. The summed E-state index contributed by atoms with van der Waals surface area (Å²) in [5.74, 6) is 0.505. The van der Waals surface area contributed by atoms with E-state index in [1.807, 2.05) is 4.68 Å². The Bertz CT molecular complexity index is 617. The normalized spacial score (nSPS) is 13.3. The predicted octanol–water partition coefficient (Wildman–Crippen LogP) is 4.40. The first-order valence-corrected chi connectivity index (χ1v) is 8.65. The molecule has 0 amide bonds. The standard InChI is InChI=1S/C20H31N3/c1-7-23-14-18(16(3)22-23)13-21-12-15(2)17-8-10-19(11-9-17)20(4,5)6/h8-11,14-15,21H,7,12-13H2,1-6H3/t15-/m1/s1. The highest BCUT2D eigenvalue weighted by Crippen LogP contribution is 2.24. The average Bonchev–Trinajstić information content (AvgIpc) is 2.87. The number of nitrogens with zero attached hydrogens (tertiary/aromatic N) is 2. The van der Waals surface area contributed by atoms with Crippen LogP contribution in [-0.2, 0) is 18.5 Å². The third kappa shape index (κ3) is 4.68. The average molecular weight is 313 g/mol. The SMILES string of the molecule is CCn1cc(CNC[C@@H](C)c2ccc(C(C)(C)C)cc2)c(C)n1. The molecule has 0 saturated carbocycles. The summed E-state index contributed by atoms with van der Waals surface area (Å²) >= 11 is 0. The van der Waals surface area contributed by atoms with E-state index in [1.54, 1.807) is 0 Å². The molecule has 0 aliphatic carbocycles. The van der Waals surface area contributed by atoms with E-state index < -0.39 is 0 Å². The zero-order valence-electron chi connectivity index (χ0n) is 15.5. The van der Waals surface area contributed by atoms with Gasteiger partial charge in [-0.05, 0) is 36.3 Å². The van der Waals surface area contributed by atoms with Crippen LogP contribution in [-0.4, -0.2) is 16.3 Å². The number of nitrogens with one attached hydrogen (secondary N) is 1. The Morgan fingerprint density at radius 2 is 1.83 bits per heavy atom. The number of aromatic nitrogens is 2. The molecule has 3 heteroatoms. The van der Waals surface area contributed by atoms with Gasteiger partial charge < -0.3 is 5.32 Å². The highest BCUT2D eigenvalue weighted by molar-refractivity contribution is 5.29. The molecule has 0 radical (unpaired) electrons. The van der Waals surface area contributed by atoms with Crippen LogP contribution in [0.1, 0.15) is 62.9 Å². The van der Waals surface area contributed by atoms with Gasteiger partial charge in [0.25, 0.3) is 0 Å². The van der Waals surface area contributed by atoms with Crippen molar-refractivity contribution in [2.75, 3.05) is 6.54 Å². The zero-order chi connectivity index (χ0) is 17.0. The van der Waals surface area contributed by atoms with Crippen molar-refractivity contribution in [1.82, 2.24) is 15.1 Å². The molecule has 126 valence electrons. The molecule has 2 rings (SSSR count). The van der Waals surface area contributed by atoms with E-state index in [1.165, 1.54) is 16.7 Å². The van der Waals surface area contributed by atoms with Crippen molar-refractivity contribution >= 4 is 0 Å². The van der Waals surface area contributed by atoms with E-state index in [4.69, 9.17) is 0 Å². The fourth-order valence-corrected chi connectivity index (χ4v) is 2.75. The van der Waals surface area contributed by atoms with Crippen LogP contribution in [0, 0.1) is 6.92 Å². The second kappa shape index (κ2) is 7.31. The molecule has 0 saturated heterocycles. The Balaban J connectivity index is 1.89. The van der Waals surface area contributed by atoms with E-state index in [9.17, 15) is 0 Å². The summed E-state index contributed by atoms with van der Waals surface area (Å²) in [5, 5.41) is 8.06. The molecular formula is C20H31N3. The summed E-state index contributed by atoms with van der Waals surface area (Å²) in [6.07, 6.45) is 2.14. The van der Waals surface area contributed by atoms with Crippen molar-refractivity contribution in [3.05, 3.63) is 52.8 Å². The minimum atomic E-state index is 0.219. The summed E-state index contributed by atoms with van der Waals surface area (Å²) in [5.41, 5.74) is 5.43. The Morgan fingerprint density at radius 3 is 2.35 bits per heavy atom. The van der Waals surface area contributed by atoms with E-state index in [0.717, 1.165) is 25.3 Å². The van der Waals surface area contributed by atoms with Gasteiger partial charge in [0.15, 0.2) is 0 Å². The molecule has 0 aliphatic heterocycles. The molecule has 0 spiro atoms. The third-order valence-electron chi connectivity index (χ3n) is 4.48. The molecule has 1 aromatic carbocycles. The molecule has 23 heavy (non-hydrogen) atoms. The van der Waals surface area contributed by atoms with Crippen molar-refractivity contribution in [1.29, 1.82) is 0 Å². The van der Waals surface area contributed by atoms with Gasteiger partial charge in [-0.1, -0.05) is 52.0 Å². The van der Waals surface area contributed by atoms with Gasteiger partial charge in [0.05, 0.1) is 5.69 Å². The van der Waals surface area contributed by atoms with Crippen molar-refractivity contribution in [3.63, 3.8) is 0 Å². The molecule has 3 nitrogen and oxygen atoms in total. The number of hydrogen-bond acceptors (Lipinski definition) is 2. The van der Waals surface area contributed by atoms with Crippen LogP contribution in [0.3, 0.4) is 0 Å². The quantitative estimate of drug-likeness (QED) is 0.856. The van der Waals surface area contributed by atoms with E-state index in [2.05, 4.69) is 82.4 Å². The number of rotatable bonds is 6. The zero-order valence-corrected chi connectivity index (χ0v) is 15.5. The first kappa shape index (κ1) is 17.7.